The molecule has 2 N–H and O–H groups in total. The molecular weight excluding hydrogens is 212 g/mol. The SMILES string of the molecule is Cc1nn(-c2ccc(N)cc2)c2c1CN(C)C2. The van der Waals surface area contributed by atoms with Crippen molar-refractivity contribution in [2.75, 3.05) is 12.8 Å². The Morgan fingerprint density at radius 2 is 1.88 bits per heavy atom. The molecular formula is C13H16N4. The van der Waals surface area contributed by atoms with Crippen molar-refractivity contribution in [3.8, 4) is 5.69 Å². The molecule has 1 aromatic carbocycles. The van der Waals surface area contributed by atoms with Crippen molar-refractivity contribution in [3.05, 3.63) is 41.2 Å². The Hall–Kier alpha value is -1.81. The summed E-state index contributed by atoms with van der Waals surface area (Å²) in [7, 11) is 2.13. The third kappa shape index (κ3) is 1.61. The molecule has 88 valence electrons. The molecule has 0 saturated carbocycles. The van der Waals surface area contributed by atoms with E-state index < -0.39 is 0 Å². The molecule has 3 rings (SSSR count). The van der Waals surface area contributed by atoms with Crippen LogP contribution in [0.25, 0.3) is 5.69 Å². The Morgan fingerprint density at radius 3 is 2.59 bits per heavy atom. The molecule has 2 aromatic rings. The van der Waals surface area contributed by atoms with E-state index in [1.807, 2.05) is 28.9 Å². The summed E-state index contributed by atoms with van der Waals surface area (Å²) in [5.41, 5.74) is 11.4. The van der Waals surface area contributed by atoms with Crippen LogP contribution in [-0.2, 0) is 13.1 Å². The van der Waals surface area contributed by atoms with E-state index in [1.165, 1.54) is 11.3 Å². The summed E-state index contributed by atoms with van der Waals surface area (Å²) in [5, 5.41) is 4.62. The summed E-state index contributed by atoms with van der Waals surface area (Å²) in [6, 6.07) is 7.86. The molecule has 4 heteroatoms. The molecule has 2 heterocycles. The molecule has 17 heavy (non-hydrogen) atoms. The number of anilines is 1. The molecule has 0 radical (unpaired) electrons. The Kier molecular flexibility index (Phi) is 2.19. The second kappa shape index (κ2) is 3.60. The van der Waals surface area contributed by atoms with Crippen LogP contribution in [0, 0.1) is 6.92 Å². The molecule has 0 aliphatic carbocycles. The van der Waals surface area contributed by atoms with Gasteiger partial charge < -0.3 is 5.73 Å². The van der Waals surface area contributed by atoms with Crippen LogP contribution in [0.5, 0.6) is 0 Å². The van der Waals surface area contributed by atoms with Crippen molar-refractivity contribution >= 4 is 5.69 Å². The largest absolute Gasteiger partial charge is 0.399 e. The van der Waals surface area contributed by atoms with Crippen molar-refractivity contribution in [2.45, 2.75) is 20.0 Å². The van der Waals surface area contributed by atoms with E-state index in [1.54, 1.807) is 0 Å². The summed E-state index contributed by atoms with van der Waals surface area (Å²) in [5.74, 6) is 0. The lowest BCUT2D eigenvalue weighted by Gasteiger charge is -2.09. The van der Waals surface area contributed by atoms with Crippen LogP contribution in [0.3, 0.4) is 0 Å². The van der Waals surface area contributed by atoms with Crippen molar-refractivity contribution < 1.29 is 0 Å². The number of aromatic nitrogens is 2. The van der Waals surface area contributed by atoms with Crippen LogP contribution < -0.4 is 5.73 Å². The van der Waals surface area contributed by atoms with Crippen LogP contribution >= 0.6 is 0 Å². The van der Waals surface area contributed by atoms with Crippen LogP contribution in [0.15, 0.2) is 24.3 Å². The fourth-order valence-electron chi connectivity index (χ4n) is 2.39. The highest BCUT2D eigenvalue weighted by molar-refractivity contribution is 5.46. The lowest BCUT2D eigenvalue weighted by Crippen LogP contribution is -2.12. The molecule has 1 aliphatic rings. The van der Waals surface area contributed by atoms with Gasteiger partial charge >= 0.3 is 0 Å². The summed E-state index contributed by atoms with van der Waals surface area (Å²) < 4.78 is 2.04. The van der Waals surface area contributed by atoms with Gasteiger partial charge in [-0.2, -0.15) is 5.10 Å². The molecule has 1 aliphatic heterocycles. The summed E-state index contributed by atoms with van der Waals surface area (Å²) in [6.45, 7) is 4.03. The predicted octanol–water partition coefficient (Wildman–Crippen LogP) is 1.71. The number of hydrogen-bond acceptors (Lipinski definition) is 3. The number of nitrogen functional groups attached to an aromatic ring is 1. The van der Waals surface area contributed by atoms with Gasteiger partial charge in [-0.15, -0.1) is 0 Å². The topological polar surface area (TPSA) is 47.1 Å². The van der Waals surface area contributed by atoms with Gasteiger partial charge in [-0.25, -0.2) is 4.68 Å². The number of rotatable bonds is 1. The summed E-state index contributed by atoms with van der Waals surface area (Å²) >= 11 is 0. The number of aryl methyl sites for hydroxylation is 1. The molecule has 0 atom stereocenters. The van der Waals surface area contributed by atoms with E-state index in [0.717, 1.165) is 30.2 Å². The first-order valence-electron chi connectivity index (χ1n) is 5.77. The van der Waals surface area contributed by atoms with E-state index in [4.69, 9.17) is 5.73 Å². The Bertz CT molecular complexity index is 554. The van der Waals surface area contributed by atoms with Crippen LogP contribution in [0.1, 0.15) is 17.0 Å². The molecule has 0 bridgehead atoms. The molecule has 0 fully saturated rings. The van der Waals surface area contributed by atoms with Gasteiger partial charge in [0.05, 0.1) is 17.1 Å². The number of nitrogens with two attached hydrogens (primary N) is 1. The number of fused-ring (bicyclic) bond motifs is 1. The van der Waals surface area contributed by atoms with Gasteiger partial charge in [0.1, 0.15) is 0 Å². The maximum atomic E-state index is 5.71. The Labute approximate surface area is 101 Å². The third-order valence-electron chi connectivity index (χ3n) is 3.28. The Balaban J connectivity index is 2.10. The molecule has 1 aromatic heterocycles. The average molecular weight is 228 g/mol. The standard InChI is InChI=1S/C13H16N4/c1-9-12-7-16(2)8-13(12)17(15-9)11-5-3-10(14)4-6-11/h3-6H,7-8,14H2,1-2H3. The van der Waals surface area contributed by atoms with E-state index in [9.17, 15) is 0 Å². The van der Waals surface area contributed by atoms with E-state index >= 15 is 0 Å². The van der Waals surface area contributed by atoms with Gasteiger partial charge in [-0.1, -0.05) is 0 Å². The molecule has 0 amide bonds. The van der Waals surface area contributed by atoms with E-state index in [0.29, 0.717) is 0 Å². The van der Waals surface area contributed by atoms with Crippen LogP contribution in [0.4, 0.5) is 5.69 Å². The van der Waals surface area contributed by atoms with Crippen LogP contribution in [-0.4, -0.2) is 21.7 Å². The zero-order valence-corrected chi connectivity index (χ0v) is 10.1. The lowest BCUT2D eigenvalue weighted by molar-refractivity contribution is 0.345. The monoisotopic (exact) mass is 228 g/mol. The second-order valence-corrected chi connectivity index (χ2v) is 4.69. The fraction of sp³-hybridized carbons (Fsp3) is 0.308. The van der Waals surface area contributed by atoms with E-state index in [2.05, 4.69) is 24.0 Å². The van der Waals surface area contributed by atoms with Gasteiger partial charge in [0, 0.05) is 24.3 Å². The highest BCUT2D eigenvalue weighted by atomic mass is 15.3. The van der Waals surface area contributed by atoms with Gasteiger partial charge in [0.15, 0.2) is 0 Å². The third-order valence-corrected chi connectivity index (χ3v) is 3.28. The van der Waals surface area contributed by atoms with Crippen molar-refractivity contribution in [1.29, 1.82) is 0 Å². The lowest BCUT2D eigenvalue weighted by atomic mass is 10.2. The molecule has 4 nitrogen and oxygen atoms in total. The van der Waals surface area contributed by atoms with Crippen LogP contribution in [0.2, 0.25) is 0 Å². The summed E-state index contributed by atoms with van der Waals surface area (Å²) in [6.07, 6.45) is 0. The smallest absolute Gasteiger partial charge is 0.0651 e. The van der Waals surface area contributed by atoms with Gasteiger partial charge in [-0.3, -0.25) is 4.90 Å². The average Bonchev–Trinajstić information content (AvgIpc) is 2.80. The maximum Gasteiger partial charge on any atom is 0.0651 e. The quantitative estimate of drug-likeness (QED) is 0.756. The fourth-order valence-corrected chi connectivity index (χ4v) is 2.39. The second-order valence-electron chi connectivity index (χ2n) is 4.69. The normalized spacial score (nSPS) is 15.2. The zero-order chi connectivity index (χ0) is 12.0. The number of nitrogens with zero attached hydrogens (tertiary/aromatic N) is 3. The Morgan fingerprint density at radius 1 is 1.18 bits per heavy atom. The van der Waals surface area contributed by atoms with Crippen molar-refractivity contribution in [2.24, 2.45) is 0 Å². The van der Waals surface area contributed by atoms with Gasteiger partial charge in [0.25, 0.3) is 0 Å². The van der Waals surface area contributed by atoms with Crippen molar-refractivity contribution in [1.82, 2.24) is 14.7 Å². The molecule has 0 spiro atoms. The zero-order valence-electron chi connectivity index (χ0n) is 10.1. The van der Waals surface area contributed by atoms with Crippen molar-refractivity contribution in [3.63, 3.8) is 0 Å². The number of benzene rings is 1. The highest BCUT2D eigenvalue weighted by Gasteiger charge is 2.24. The van der Waals surface area contributed by atoms with Gasteiger partial charge in [0.2, 0.25) is 0 Å². The summed E-state index contributed by atoms with van der Waals surface area (Å²) in [4.78, 5) is 2.30. The molecule has 0 unspecified atom stereocenters. The minimum absolute atomic E-state index is 0.784. The first-order chi connectivity index (χ1) is 8.15. The maximum absolute atomic E-state index is 5.71. The predicted molar refractivity (Wildman–Crippen MR) is 67.9 cm³/mol. The minimum Gasteiger partial charge on any atom is -0.399 e. The minimum atomic E-state index is 0.784. The molecule has 0 saturated heterocycles. The van der Waals surface area contributed by atoms with E-state index in [-0.39, 0.29) is 0 Å². The first kappa shape index (κ1) is 10.4. The highest BCUT2D eigenvalue weighted by Crippen LogP contribution is 2.26. The van der Waals surface area contributed by atoms with Gasteiger partial charge in [-0.05, 0) is 38.2 Å². The number of hydrogen-bond donors (Lipinski definition) is 1. The first-order valence-corrected chi connectivity index (χ1v) is 5.77.